The van der Waals surface area contributed by atoms with Crippen LogP contribution in [0.4, 0.5) is 17.5 Å². The van der Waals surface area contributed by atoms with Crippen molar-refractivity contribution in [2.24, 2.45) is 5.14 Å². The minimum Gasteiger partial charge on any atom is -0.394 e. The van der Waals surface area contributed by atoms with Crippen LogP contribution >= 0.6 is 15.9 Å². The second-order valence-electron chi connectivity index (χ2n) is 5.61. The molecule has 0 radical (unpaired) electrons. The van der Waals surface area contributed by atoms with Gasteiger partial charge in [-0.25, -0.2) is 23.5 Å². The Kier molecular flexibility index (Phi) is 5.38. The summed E-state index contributed by atoms with van der Waals surface area (Å²) in [5.41, 5.74) is -0.0654. The fourth-order valence-electron chi connectivity index (χ4n) is 1.63. The molecule has 2 aromatic heterocycles. The number of aliphatic hydroxyl groups excluding tert-OH is 1. The highest BCUT2D eigenvalue weighted by Gasteiger charge is 2.18. The maximum absolute atomic E-state index is 11.2. The Bertz CT molecular complexity index is 826. The first-order chi connectivity index (χ1) is 11.1. The summed E-state index contributed by atoms with van der Waals surface area (Å²) in [6, 6.07) is 2.79. The monoisotopic (exact) mass is 416 g/mol. The number of pyridine rings is 1. The van der Waals surface area contributed by atoms with Crippen molar-refractivity contribution in [2.45, 2.75) is 24.4 Å². The number of primary sulfonamides is 1. The van der Waals surface area contributed by atoms with Crippen molar-refractivity contribution >= 4 is 43.4 Å². The number of anilines is 3. The zero-order valence-electron chi connectivity index (χ0n) is 13.0. The predicted octanol–water partition coefficient (Wildman–Crippen LogP) is 1.21. The van der Waals surface area contributed by atoms with Crippen LogP contribution in [-0.4, -0.2) is 40.6 Å². The molecule has 5 N–H and O–H groups in total. The van der Waals surface area contributed by atoms with Crippen LogP contribution in [0.5, 0.6) is 0 Å². The molecule has 0 saturated heterocycles. The molecule has 2 rings (SSSR count). The van der Waals surface area contributed by atoms with Gasteiger partial charge >= 0.3 is 0 Å². The molecule has 0 saturated carbocycles. The Hall–Kier alpha value is -1.82. The van der Waals surface area contributed by atoms with Gasteiger partial charge in [-0.05, 0) is 41.9 Å². The fourth-order valence-corrected chi connectivity index (χ4v) is 2.37. The summed E-state index contributed by atoms with van der Waals surface area (Å²) in [5, 5.41) is 20.1. The third-order valence-corrected chi connectivity index (χ3v) is 4.28. The van der Waals surface area contributed by atoms with E-state index in [0.717, 1.165) is 0 Å². The molecule has 130 valence electrons. The number of aromatic nitrogens is 3. The fraction of sp³-hybridized carbons (Fsp3) is 0.308. The standard InChI is InChI=1S/C13H17BrN6O3S/c1-13(2,7-21)20-11-9(14)6-17-12(19-11)18-8-3-4-10(16-5-8)24(15,22)23/h3-6,21H,7H2,1-2H3,(H2,15,22,23)(H2,17,18,19,20). The molecule has 0 aliphatic heterocycles. The minimum atomic E-state index is -3.84. The minimum absolute atomic E-state index is 0.0782. The number of sulfonamides is 1. The smallest absolute Gasteiger partial charge is 0.255 e. The Labute approximate surface area is 147 Å². The van der Waals surface area contributed by atoms with E-state index in [9.17, 15) is 13.5 Å². The summed E-state index contributed by atoms with van der Waals surface area (Å²) in [7, 11) is -3.84. The summed E-state index contributed by atoms with van der Waals surface area (Å²) in [6.07, 6.45) is 2.87. The molecule has 0 fully saturated rings. The molecule has 0 aliphatic carbocycles. The summed E-state index contributed by atoms with van der Waals surface area (Å²) >= 11 is 3.34. The molecule has 0 aliphatic rings. The Morgan fingerprint density at radius 2 is 2.00 bits per heavy atom. The van der Waals surface area contributed by atoms with Gasteiger partial charge in [-0.15, -0.1) is 0 Å². The van der Waals surface area contributed by atoms with E-state index in [1.54, 1.807) is 6.20 Å². The van der Waals surface area contributed by atoms with Gasteiger partial charge < -0.3 is 15.7 Å². The van der Waals surface area contributed by atoms with Crippen molar-refractivity contribution in [1.82, 2.24) is 15.0 Å². The van der Waals surface area contributed by atoms with Crippen LogP contribution in [0.25, 0.3) is 0 Å². The third kappa shape index (κ3) is 4.84. The van der Waals surface area contributed by atoms with Crippen LogP contribution in [0.3, 0.4) is 0 Å². The molecule has 2 aromatic rings. The molecule has 0 atom stereocenters. The van der Waals surface area contributed by atoms with Crippen LogP contribution in [0.15, 0.2) is 34.0 Å². The number of hydrogen-bond acceptors (Lipinski definition) is 8. The van der Waals surface area contributed by atoms with E-state index in [2.05, 4.69) is 41.5 Å². The van der Waals surface area contributed by atoms with E-state index >= 15 is 0 Å². The molecule has 0 unspecified atom stereocenters. The van der Waals surface area contributed by atoms with Gasteiger partial charge in [-0.3, -0.25) is 0 Å². The first-order valence-corrected chi connectivity index (χ1v) is 9.12. The molecule has 0 aromatic carbocycles. The number of nitrogens with zero attached hydrogens (tertiary/aromatic N) is 3. The highest BCUT2D eigenvalue weighted by Crippen LogP contribution is 2.24. The normalized spacial score (nSPS) is 12.0. The second-order valence-corrected chi connectivity index (χ2v) is 7.97. The van der Waals surface area contributed by atoms with E-state index in [0.29, 0.717) is 16.0 Å². The molecule has 0 amide bonds. The topological polar surface area (TPSA) is 143 Å². The average molecular weight is 417 g/mol. The predicted molar refractivity (Wildman–Crippen MR) is 93.4 cm³/mol. The molecule has 9 nitrogen and oxygen atoms in total. The maximum Gasteiger partial charge on any atom is 0.255 e. The lowest BCUT2D eigenvalue weighted by Crippen LogP contribution is -2.35. The molecule has 24 heavy (non-hydrogen) atoms. The van der Waals surface area contributed by atoms with Crippen LogP contribution < -0.4 is 15.8 Å². The van der Waals surface area contributed by atoms with Crippen LogP contribution in [-0.2, 0) is 10.0 Å². The number of halogens is 1. The van der Waals surface area contributed by atoms with E-state index in [4.69, 9.17) is 5.14 Å². The molecule has 2 heterocycles. The van der Waals surface area contributed by atoms with Gasteiger partial charge in [0.2, 0.25) is 5.95 Å². The lowest BCUT2D eigenvalue weighted by molar-refractivity contribution is 0.234. The first-order valence-electron chi connectivity index (χ1n) is 6.78. The zero-order chi connectivity index (χ0) is 18.0. The summed E-state index contributed by atoms with van der Waals surface area (Å²) in [6.45, 7) is 3.57. The maximum atomic E-state index is 11.2. The van der Waals surface area contributed by atoms with Crippen molar-refractivity contribution in [3.63, 3.8) is 0 Å². The van der Waals surface area contributed by atoms with Gasteiger partial charge in [-0.1, -0.05) is 0 Å². The zero-order valence-corrected chi connectivity index (χ0v) is 15.4. The Morgan fingerprint density at radius 3 is 2.54 bits per heavy atom. The third-order valence-electron chi connectivity index (χ3n) is 2.88. The van der Waals surface area contributed by atoms with Crippen molar-refractivity contribution in [2.75, 3.05) is 17.2 Å². The summed E-state index contributed by atoms with van der Waals surface area (Å²) in [5.74, 6) is 0.778. The van der Waals surface area contributed by atoms with Crippen molar-refractivity contribution in [3.05, 3.63) is 29.0 Å². The summed E-state index contributed by atoms with van der Waals surface area (Å²) in [4.78, 5) is 12.2. The quantitative estimate of drug-likeness (QED) is 0.549. The van der Waals surface area contributed by atoms with Gasteiger partial charge in [0.1, 0.15) is 5.82 Å². The Balaban J connectivity index is 2.21. The van der Waals surface area contributed by atoms with Gasteiger partial charge in [0.05, 0.1) is 28.5 Å². The van der Waals surface area contributed by atoms with Gasteiger partial charge in [0, 0.05) is 6.20 Å². The number of rotatable bonds is 6. The lowest BCUT2D eigenvalue weighted by Gasteiger charge is -2.24. The van der Waals surface area contributed by atoms with E-state index in [1.807, 2.05) is 13.8 Å². The van der Waals surface area contributed by atoms with Crippen molar-refractivity contribution < 1.29 is 13.5 Å². The summed E-state index contributed by atoms with van der Waals surface area (Å²) < 4.78 is 23.0. The molecule has 0 spiro atoms. The van der Waals surface area contributed by atoms with Gasteiger partial charge in [0.15, 0.2) is 5.03 Å². The number of nitrogens with one attached hydrogen (secondary N) is 2. The highest BCUT2D eigenvalue weighted by atomic mass is 79.9. The van der Waals surface area contributed by atoms with Crippen molar-refractivity contribution in [3.8, 4) is 0 Å². The van der Waals surface area contributed by atoms with E-state index in [-0.39, 0.29) is 17.6 Å². The highest BCUT2D eigenvalue weighted by molar-refractivity contribution is 9.10. The number of aliphatic hydroxyl groups is 1. The SMILES string of the molecule is CC(C)(CO)Nc1nc(Nc2ccc(S(N)(=O)=O)nc2)ncc1Br. The molecular formula is C13H17BrN6O3S. The average Bonchev–Trinajstić information content (AvgIpc) is 2.50. The molecular weight excluding hydrogens is 400 g/mol. The van der Waals surface area contributed by atoms with Crippen LogP contribution in [0.2, 0.25) is 0 Å². The van der Waals surface area contributed by atoms with Gasteiger partial charge in [0.25, 0.3) is 10.0 Å². The lowest BCUT2D eigenvalue weighted by atomic mass is 10.1. The van der Waals surface area contributed by atoms with E-state index in [1.165, 1.54) is 18.3 Å². The van der Waals surface area contributed by atoms with Crippen LogP contribution in [0, 0.1) is 0 Å². The number of hydrogen-bond donors (Lipinski definition) is 4. The number of nitrogens with two attached hydrogens (primary N) is 1. The van der Waals surface area contributed by atoms with Crippen LogP contribution in [0.1, 0.15) is 13.8 Å². The molecule has 0 bridgehead atoms. The van der Waals surface area contributed by atoms with Gasteiger partial charge in [-0.2, -0.15) is 4.98 Å². The first kappa shape index (κ1) is 18.5. The van der Waals surface area contributed by atoms with E-state index < -0.39 is 15.6 Å². The second kappa shape index (κ2) is 6.97. The largest absolute Gasteiger partial charge is 0.394 e. The Morgan fingerprint density at radius 1 is 1.29 bits per heavy atom. The molecule has 11 heteroatoms. The van der Waals surface area contributed by atoms with Crippen molar-refractivity contribution in [1.29, 1.82) is 0 Å².